The summed E-state index contributed by atoms with van der Waals surface area (Å²) in [7, 11) is 2.03. The fourth-order valence-electron chi connectivity index (χ4n) is 1.30. The van der Waals surface area contributed by atoms with Crippen molar-refractivity contribution in [3.63, 3.8) is 0 Å². The summed E-state index contributed by atoms with van der Waals surface area (Å²) in [5.74, 6) is 1.70. The van der Waals surface area contributed by atoms with Crippen molar-refractivity contribution >= 4 is 0 Å². The van der Waals surface area contributed by atoms with Crippen LogP contribution in [0.2, 0.25) is 0 Å². The van der Waals surface area contributed by atoms with Crippen molar-refractivity contribution in [3.05, 3.63) is 0 Å². The van der Waals surface area contributed by atoms with Crippen LogP contribution in [0.3, 0.4) is 0 Å². The predicted octanol–water partition coefficient (Wildman–Crippen LogP) is 2.28. The third kappa shape index (κ3) is 3.89. The number of nitrogens with one attached hydrogen (secondary N) is 1. The zero-order valence-corrected chi connectivity index (χ0v) is 7.78. The highest BCUT2D eigenvalue weighted by atomic mass is 14.8. The highest BCUT2D eigenvalue weighted by Gasteiger charge is 2.09. The summed E-state index contributed by atoms with van der Waals surface area (Å²) in [6, 6.07) is 0. The molecule has 1 atom stereocenters. The average Bonchev–Trinajstić information content (AvgIpc) is 1.87. The first-order chi connectivity index (χ1) is 4.72. The van der Waals surface area contributed by atoms with Crippen LogP contribution in [0, 0.1) is 11.8 Å². The Morgan fingerprint density at radius 1 is 1.30 bits per heavy atom. The Morgan fingerprint density at radius 2 is 1.90 bits per heavy atom. The molecule has 0 rings (SSSR count). The van der Waals surface area contributed by atoms with Crippen LogP contribution >= 0.6 is 0 Å². The Balaban J connectivity index is 3.50. The lowest BCUT2D eigenvalue weighted by atomic mass is 9.91. The summed E-state index contributed by atoms with van der Waals surface area (Å²) >= 11 is 0. The van der Waals surface area contributed by atoms with Crippen LogP contribution in [0.4, 0.5) is 0 Å². The molecule has 1 nitrogen and oxygen atoms in total. The molecule has 0 bridgehead atoms. The second-order valence-corrected chi connectivity index (χ2v) is 3.35. The summed E-state index contributed by atoms with van der Waals surface area (Å²) < 4.78 is 0. The molecule has 0 aliphatic rings. The van der Waals surface area contributed by atoms with E-state index >= 15 is 0 Å². The highest BCUT2D eigenvalue weighted by molar-refractivity contribution is 4.63. The minimum atomic E-state index is 0.826. The van der Waals surface area contributed by atoms with Gasteiger partial charge in [0.05, 0.1) is 0 Å². The molecule has 0 fully saturated rings. The first kappa shape index (κ1) is 9.96. The van der Waals surface area contributed by atoms with Crippen LogP contribution in [0.5, 0.6) is 0 Å². The standard InChI is InChI=1S/C9H21N/c1-5-6-9(7-10-4)8(2)3/h8-10H,5-7H2,1-4H3. The van der Waals surface area contributed by atoms with Gasteiger partial charge in [-0.25, -0.2) is 0 Å². The molecule has 0 aromatic carbocycles. The van der Waals surface area contributed by atoms with E-state index in [4.69, 9.17) is 0 Å². The third-order valence-electron chi connectivity index (χ3n) is 2.07. The van der Waals surface area contributed by atoms with E-state index in [2.05, 4.69) is 26.1 Å². The lowest BCUT2D eigenvalue weighted by molar-refractivity contribution is 0.346. The van der Waals surface area contributed by atoms with Gasteiger partial charge in [0.25, 0.3) is 0 Å². The van der Waals surface area contributed by atoms with E-state index in [0.29, 0.717) is 0 Å². The van der Waals surface area contributed by atoms with Gasteiger partial charge in [-0.2, -0.15) is 0 Å². The van der Waals surface area contributed by atoms with Crippen LogP contribution in [0.25, 0.3) is 0 Å². The highest BCUT2D eigenvalue weighted by Crippen LogP contribution is 2.15. The van der Waals surface area contributed by atoms with E-state index in [9.17, 15) is 0 Å². The molecular formula is C9H21N. The quantitative estimate of drug-likeness (QED) is 0.622. The van der Waals surface area contributed by atoms with Gasteiger partial charge in [0.2, 0.25) is 0 Å². The molecule has 0 heterocycles. The summed E-state index contributed by atoms with van der Waals surface area (Å²) in [4.78, 5) is 0. The molecule has 0 radical (unpaired) electrons. The number of rotatable bonds is 5. The molecule has 0 aromatic heterocycles. The smallest absolute Gasteiger partial charge is 0.00211 e. The normalized spacial score (nSPS) is 14.1. The lowest BCUT2D eigenvalue weighted by Gasteiger charge is -2.19. The van der Waals surface area contributed by atoms with Crippen molar-refractivity contribution in [2.24, 2.45) is 11.8 Å². The topological polar surface area (TPSA) is 12.0 Å². The fraction of sp³-hybridized carbons (Fsp3) is 1.00. The van der Waals surface area contributed by atoms with Gasteiger partial charge in [0.1, 0.15) is 0 Å². The van der Waals surface area contributed by atoms with Crippen molar-refractivity contribution in [1.82, 2.24) is 5.32 Å². The zero-order chi connectivity index (χ0) is 7.98. The molecule has 0 spiro atoms. The SMILES string of the molecule is CCCC(CNC)C(C)C. The molecule has 1 unspecified atom stereocenters. The molecule has 1 heteroatoms. The van der Waals surface area contributed by atoms with Crippen LogP contribution in [-0.2, 0) is 0 Å². The van der Waals surface area contributed by atoms with Gasteiger partial charge in [0.15, 0.2) is 0 Å². The molecule has 10 heavy (non-hydrogen) atoms. The second kappa shape index (κ2) is 5.72. The van der Waals surface area contributed by atoms with Crippen molar-refractivity contribution < 1.29 is 0 Å². The minimum Gasteiger partial charge on any atom is -0.319 e. The van der Waals surface area contributed by atoms with E-state index in [-0.39, 0.29) is 0 Å². The molecule has 0 saturated carbocycles. The minimum absolute atomic E-state index is 0.826. The second-order valence-electron chi connectivity index (χ2n) is 3.35. The summed E-state index contributed by atoms with van der Waals surface area (Å²) in [6.45, 7) is 8.03. The maximum Gasteiger partial charge on any atom is -0.00211 e. The molecule has 0 saturated heterocycles. The zero-order valence-electron chi connectivity index (χ0n) is 7.78. The lowest BCUT2D eigenvalue weighted by Crippen LogP contribution is -2.22. The monoisotopic (exact) mass is 143 g/mol. The van der Waals surface area contributed by atoms with Crippen molar-refractivity contribution in [3.8, 4) is 0 Å². The van der Waals surface area contributed by atoms with Gasteiger partial charge in [-0.1, -0.05) is 27.2 Å². The maximum absolute atomic E-state index is 3.23. The van der Waals surface area contributed by atoms with Crippen LogP contribution in [0.15, 0.2) is 0 Å². The Kier molecular flexibility index (Phi) is 5.70. The van der Waals surface area contributed by atoms with E-state index in [1.165, 1.54) is 19.4 Å². The van der Waals surface area contributed by atoms with Gasteiger partial charge in [-0.05, 0) is 31.8 Å². The summed E-state index contributed by atoms with van der Waals surface area (Å²) in [5.41, 5.74) is 0. The third-order valence-corrected chi connectivity index (χ3v) is 2.07. The van der Waals surface area contributed by atoms with Gasteiger partial charge in [-0.15, -0.1) is 0 Å². The first-order valence-corrected chi connectivity index (χ1v) is 4.37. The van der Waals surface area contributed by atoms with E-state index in [0.717, 1.165) is 11.8 Å². The van der Waals surface area contributed by atoms with Gasteiger partial charge >= 0.3 is 0 Å². The van der Waals surface area contributed by atoms with Crippen LogP contribution in [0.1, 0.15) is 33.6 Å². The van der Waals surface area contributed by atoms with Crippen LogP contribution in [-0.4, -0.2) is 13.6 Å². The Morgan fingerprint density at radius 3 is 2.20 bits per heavy atom. The van der Waals surface area contributed by atoms with Gasteiger partial charge in [-0.3, -0.25) is 0 Å². The van der Waals surface area contributed by atoms with Gasteiger partial charge in [0, 0.05) is 0 Å². The predicted molar refractivity (Wildman–Crippen MR) is 47.2 cm³/mol. The molecular weight excluding hydrogens is 122 g/mol. The first-order valence-electron chi connectivity index (χ1n) is 4.37. The Labute approximate surface area is 65.2 Å². The van der Waals surface area contributed by atoms with Crippen LogP contribution < -0.4 is 5.32 Å². The van der Waals surface area contributed by atoms with E-state index < -0.39 is 0 Å². The number of hydrogen-bond acceptors (Lipinski definition) is 1. The Hall–Kier alpha value is -0.0400. The van der Waals surface area contributed by atoms with E-state index in [1.54, 1.807) is 0 Å². The molecule has 62 valence electrons. The molecule has 0 amide bonds. The average molecular weight is 143 g/mol. The molecule has 0 aromatic rings. The van der Waals surface area contributed by atoms with Crippen molar-refractivity contribution in [1.29, 1.82) is 0 Å². The van der Waals surface area contributed by atoms with E-state index in [1.807, 2.05) is 7.05 Å². The summed E-state index contributed by atoms with van der Waals surface area (Å²) in [5, 5.41) is 3.23. The van der Waals surface area contributed by atoms with Gasteiger partial charge < -0.3 is 5.32 Å². The molecule has 0 aliphatic carbocycles. The largest absolute Gasteiger partial charge is 0.319 e. The van der Waals surface area contributed by atoms with Crippen molar-refractivity contribution in [2.45, 2.75) is 33.6 Å². The number of hydrogen-bond donors (Lipinski definition) is 1. The maximum atomic E-state index is 3.23. The molecule has 0 aliphatic heterocycles. The summed E-state index contributed by atoms with van der Waals surface area (Å²) in [6.07, 6.45) is 2.67. The molecule has 1 N–H and O–H groups in total. The Bertz CT molecular complexity index is 63.1. The fourth-order valence-corrected chi connectivity index (χ4v) is 1.30. The van der Waals surface area contributed by atoms with Crippen molar-refractivity contribution in [2.75, 3.05) is 13.6 Å².